The van der Waals surface area contributed by atoms with Crippen LogP contribution < -0.4 is 0 Å². The fraction of sp³-hybridized carbons (Fsp3) is 0.0526. The fourth-order valence-corrected chi connectivity index (χ4v) is 3.79. The lowest BCUT2D eigenvalue weighted by atomic mass is 10.1. The largest absolute Gasteiger partial charge is 0.282 e. The molecule has 0 aliphatic rings. The van der Waals surface area contributed by atoms with Gasteiger partial charge in [0, 0.05) is 18.1 Å². The summed E-state index contributed by atoms with van der Waals surface area (Å²) in [7, 11) is -3.55. The van der Waals surface area contributed by atoms with Gasteiger partial charge in [-0.15, -0.1) is 0 Å². The Morgan fingerprint density at radius 3 is 2.27 bits per heavy atom. The van der Waals surface area contributed by atoms with Crippen molar-refractivity contribution < 1.29 is 8.42 Å². The van der Waals surface area contributed by atoms with Crippen molar-refractivity contribution in [1.29, 1.82) is 0 Å². The van der Waals surface area contributed by atoms with Gasteiger partial charge in [0.25, 0.3) is 0 Å². The first-order valence-electron chi connectivity index (χ1n) is 7.83. The van der Waals surface area contributed by atoms with E-state index in [9.17, 15) is 8.42 Å². The molecule has 0 saturated carbocycles. The van der Waals surface area contributed by atoms with Crippen molar-refractivity contribution >= 4 is 32.6 Å². The van der Waals surface area contributed by atoms with Crippen molar-refractivity contribution in [2.45, 2.75) is 5.16 Å². The van der Waals surface area contributed by atoms with Crippen LogP contribution in [0.1, 0.15) is 0 Å². The number of imidazole rings is 1. The molecule has 4 aromatic rings. The Morgan fingerprint density at radius 1 is 0.962 bits per heavy atom. The molecule has 0 aliphatic carbocycles. The summed E-state index contributed by atoms with van der Waals surface area (Å²) in [4.78, 5) is 8.33. The number of aromatic nitrogens is 3. The molecular weight excluding hydrogens is 370 g/mol. The second kappa shape index (κ2) is 6.23. The van der Waals surface area contributed by atoms with E-state index >= 15 is 0 Å². The van der Waals surface area contributed by atoms with E-state index in [0.29, 0.717) is 21.9 Å². The van der Waals surface area contributed by atoms with Gasteiger partial charge in [-0.1, -0.05) is 54.1 Å². The molecule has 0 aliphatic heterocycles. The summed E-state index contributed by atoms with van der Waals surface area (Å²) in [5.41, 5.74) is 3.68. The summed E-state index contributed by atoms with van der Waals surface area (Å²) in [5, 5.41) is 0.356. The van der Waals surface area contributed by atoms with E-state index < -0.39 is 9.84 Å². The molecule has 0 bridgehead atoms. The molecular formula is C19H14ClN3O2S. The first-order chi connectivity index (χ1) is 12.4. The summed E-state index contributed by atoms with van der Waals surface area (Å²) < 4.78 is 26.0. The van der Waals surface area contributed by atoms with Gasteiger partial charge in [-0.2, -0.15) is 4.98 Å². The average Bonchev–Trinajstić information content (AvgIpc) is 3.01. The van der Waals surface area contributed by atoms with Crippen molar-refractivity contribution in [3.05, 3.63) is 71.9 Å². The van der Waals surface area contributed by atoms with Crippen LogP contribution in [-0.4, -0.2) is 29.2 Å². The standard InChI is InChI=1S/C19H14ClN3O2S/c1-26(24,25)19-22-18-17(11-15(20)12-21-18)23(19)16-9-7-14(8-10-16)13-5-3-2-4-6-13/h2-12H,1H3. The monoisotopic (exact) mass is 383 g/mol. The summed E-state index contributed by atoms with van der Waals surface area (Å²) >= 11 is 6.05. The van der Waals surface area contributed by atoms with Crippen LogP contribution in [0.15, 0.2) is 72.0 Å². The zero-order chi connectivity index (χ0) is 18.3. The van der Waals surface area contributed by atoms with Crippen molar-refractivity contribution in [1.82, 2.24) is 14.5 Å². The Bertz CT molecular complexity index is 1200. The molecule has 5 nitrogen and oxygen atoms in total. The van der Waals surface area contributed by atoms with Gasteiger partial charge in [-0.05, 0) is 29.3 Å². The molecule has 0 N–H and O–H groups in total. The number of halogens is 1. The highest BCUT2D eigenvalue weighted by Crippen LogP contribution is 2.27. The van der Waals surface area contributed by atoms with Crippen molar-refractivity contribution in [3.8, 4) is 16.8 Å². The number of pyridine rings is 1. The smallest absolute Gasteiger partial charge is 0.234 e. The van der Waals surface area contributed by atoms with E-state index in [2.05, 4.69) is 9.97 Å². The van der Waals surface area contributed by atoms with Gasteiger partial charge in [0.2, 0.25) is 15.0 Å². The SMILES string of the molecule is CS(=O)(=O)c1nc2ncc(Cl)cc2n1-c1ccc(-c2ccccc2)cc1. The maximum absolute atomic E-state index is 12.2. The number of nitrogens with zero attached hydrogens (tertiary/aromatic N) is 3. The number of hydrogen-bond donors (Lipinski definition) is 0. The Kier molecular flexibility index (Phi) is 4.01. The van der Waals surface area contributed by atoms with Crippen molar-refractivity contribution in [2.75, 3.05) is 6.26 Å². The number of sulfone groups is 1. The lowest BCUT2D eigenvalue weighted by Crippen LogP contribution is -2.07. The van der Waals surface area contributed by atoms with Gasteiger partial charge in [0.1, 0.15) is 0 Å². The first kappa shape index (κ1) is 16.8. The number of rotatable bonds is 3. The molecule has 0 saturated heterocycles. The van der Waals surface area contributed by atoms with Gasteiger partial charge in [0.05, 0.1) is 10.5 Å². The van der Waals surface area contributed by atoms with Crippen molar-refractivity contribution in [3.63, 3.8) is 0 Å². The van der Waals surface area contributed by atoms with E-state index in [0.717, 1.165) is 17.4 Å². The minimum Gasteiger partial charge on any atom is -0.282 e. The molecule has 0 unspecified atom stereocenters. The number of benzene rings is 2. The third-order valence-corrected chi connectivity index (χ3v) is 5.16. The van der Waals surface area contributed by atoms with Gasteiger partial charge >= 0.3 is 0 Å². The molecule has 2 heterocycles. The lowest BCUT2D eigenvalue weighted by Gasteiger charge is -2.09. The Morgan fingerprint density at radius 2 is 1.62 bits per heavy atom. The highest BCUT2D eigenvalue weighted by atomic mass is 35.5. The van der Waals surface area contributed by atoms with Crippen LogP contribution in [-0.2, 0) is 9.84 Å². The quantitative estimate of drug-likeness (QED) is 0.533. The second-order valence-corrected chi connectivity index (χ2v) is 8.26. The first-order valence-corrected chi connectivity index (χ1v) is 10.1. The summed E-state index contributed by atoms with van der Waals surface area (Å²) in [6.45, 7) is 0. The number of hydrogen-bond acceptors (Lipinski definition) is 4. The second-order valence-electron chi connectivity index (χ2n) is 5.91. The van der Waals surface area contributed by atoms with E-state index in [-0.39, 0.29) is 5.16 Å². The van der Waals surface area contributed by atoms with Gasteiger partial charge in [0.15, 0.2) is 5.65 Å². The molecule has 0 amide bonds. The molecule has 0 atom stereocenters. The van der Waals surface area contributed by atoms with E-state index in [4.69, 9.17) is 11.6 Å². The number of fused-ring (bicyclic) bond motifs is 1. The third kappa shape index (κ3) is 2.98. The van der Waals surface area contributed by atoms with Crippen LogP contribution in [0.4, 0.5) is 0 Å². The molecule has 2 aromatic heterocycles. The lowest BCUT2D eigenvalue weighted by molar-refractivity contribution is 0.591. The maximum Gasteiger partial charge on any atom is 0.234 e. The average molecular weight is 384 g/mol. The molecule has 0 radical (unpaired) electrons. The zero-order valence-electron chi connectivity index (χ0n) is 13.8. The maximum atomic E-state index is 12.2. The summed E-state index contributed by atoms with van der Waals surface area (Å²) in [6.07, 6.45) is 2.58. The molecule has 26 heavy (non-hydrogen) atoms. The van der Waals surface area contributed by atoms with Crippen LogP contribution in [0, 0.1) is 0 Å². The topological polar surface area (TPSA) is 64.8 Å². The zero-order valence-corrected chi connectivity index (χ0v) is 15.4. The highest BCUT2D eigenvalue weighted by molar-refractivity contribution is 7.90. The summed E-state index contributed by atoms with van der Waals surface area (Å²) in [6, 6.07) is 19.2. The summed E-state index contributed by atoms with van der Waals surface area (Å²) in [5.74, 6) is 0. The fourth-order valence-electron chi connectivity index (χ4n) is 2.85. The van der Waals surface area contributed by atoms with Gasteiger partial charge in [-0.25, -0.2) is 13.4 Å². The predicted octanol–water partition coefficient (Wildman–Crippen LogP) is 4.14. The Labute approximate surface area is 155 Å². The minimum atomic E-state index is -3.55. The molecule has 7 heteroatoms. The third-order valence-electron chi connectivity index (χ3n) is 4.01. The molecule has 2 aromatic carbocycles. The van der Waals surface area contributed by atoms with Crippen LogP contribution in [0.25, 0.3) is 28.0 Å². The molecule has 130 valence electrons. The van der Waals surface area contributed by atoms with Crippen molar-refractivity contribution in [2.24, 2.45) is 0 Å². The van der Waals surface area contributed by atoms with Crippen LogP contribution in [0.5, 0.6) is 0 Å². The van der Waals surface area contributed by atoms with E-state index in [1.807, 2.05) is 54.6 Å². The van der Waals surface area contributed by atoms with Crippen LogP contribution in [0.2, 0.25) is 5.02 Å². The van der Waals surface area contributed by atoms with E-state index in [1.165, 1.54) is 6.20 Å². The van der Waals surface area contributed by atoms with Crippen LogP contribution >= 0.6 is 11.6 Å². The Hall–Kier alpha value is -2.70. The highest BCUT2D eigenvalue weighted by Gasteiger charge is 2.21. The molecule has 0 spiro atoms. The van der Waals surface area contributed by atoms with Gasteiger partial charge < -0.3 is 0 Å². The van der Waals surface area contributed by atoms with E-state index in [1.54, 1.807) is 10.6 Å². The Balaban J connectivity index is 1.92. The van der Waals surface area contributed by atoms with Gasteiger partial charge in [-0.3, -0.25) is 4.57 Å². The van der Waals surface area contributed by atoms with Crippen LogP contribution in [0.3, 0.4) is 0 Å². The minimum absolute atomic E-state index is 0.0604. The predicted molar refractivity (Wildman–Crippen MR) is 102 cm³/mol. The molecule has 0 fully saturated rings. The normalized spacial score (nSPS) is 11.8. The molecule has 4 rings (SSSR count).